The number of hydrogen-bond donors (Lipinski definition) is 0. The molecule has 1 aromatic heterocycles. The molecule has 0 saturated carbocycles. The molecule has 17 heavy (non-hydrogen) atoms. The van der Waals surface area contributed by atoms with Crippen LogP contribution in [0.1, 0.15) is 0 Å². The zero-order valence-corrected chi connectivity index (χ0v) is 9.39. The summed E-state index contributed by atoms with van der Waals surface area (Å²) in [5, 5.41) is 5.57. The van der Waals surface area contributed by atoms with Crippen molar-refractivity contribution in [2.24, 2.45) is 7.05 Å². The van der Waals surface area contributed by atoms with Gasteiger partial charge in [-0.1, -0.05) is 18.2 Å². The van der Waals surface area contributed by atoms with E-state index in [0.717, 1.165) is 22.2 Å². The number of fused-ring (bicyclic) bond motifs is 1. The van der Waals surface area contributed by atoms with Gasteiger partial charge in [0, 0.05) is 18.0 Å². The summed E-state index contributed by atoms with van der Waals surface area (Å²) in [4.78, 5) is 0. The maximum Gasteiger partial charge on any atom is 0.123 e. The molecule has 2 nitrogen and oxygen atoms in total. The number of aromatic nitrogens is 2. The minimum absolute atomic E-state index is 0.228. The van der Waals surface area contributed by atoms with Crippen LogP contribution in [-0.2, 0) is 7.05 Å². The van der Waals surface area contributed by atoms with E-state index < -0.39 is 0 Å². The van der Waals surface area contributed by atoms with Gasteiger partial charge in [-0.2, -0.15) is 5.10 Å². The zero-order chi connectivity index (χ0) is 11.8. The van der Waals surface area contributed by atoms with Gasteiger partial charge in [-0.05, 0) is 30.3 Å². The molecule has 0 fully saturated rings. The van der Waals surface area contributed by atoms with Crippen LogP contribution in [0.2, 0.25) is 0 Å². The number of para-hydroxylation sites is 1. The molecule has 3 heteroatoms. The fourth-order valence-corrected chi connectivity index (χ4v) is 2.03. The first kappa shape index (κ1) is 10.0. The van der Waals surface area contributed by atoms with Gasteiger partial charge >= 0.3 is 0 Å². The third kappa shape index (κ3) is 1.60. The minimum atomic E-state index is -0.228. The summed E-state index contributed by atoms with van der Waals surface area (Å²) in [5.74, 6) is -0.228. The Kier molecular flexibility index (Phi) is 2.18. The molecule has 3 rings (SSSR count). The Balaban J connectivity index is 2.27. The van der Waals surface area contributed by atoms with Crippen LogP contribution in [-0.4, -0.2) is 9.78 Å². The minimum Gasteiger partial charge on any atom is -0.267 e. The van der Waals surface area contributed by atoms with Crippen LogP contribution in [0.15, 0.2) is 48.5 Å². The lowest BCUT2D eigenvalue weighted by atomic mass is 10.1. The van der Waals surface area contributed by atoms with Crippen LogP contribution >= 0.6 is 0 Å². The van der Waals surface area contributed by atoms with Gasteiger partial charge in [0.1, 0.15) is 11.5 Å². The first-order valence-corrected chi connectivity index (χ1v) is 5.43. The highest BCUT2D eigenvalue weighted by Gasteiger charge is 2.09. The molecule has 84 valence electrons. The Bertz CT molecular complexity index is 668. The topological polar surface area (TPSA) is 17.8 Å². The molecule has 0 N–H and O–H groups in total. The average molecular weight is 226 g/mol. The maximum atomic E-state index is 12.9. The molecule has 0 aliphatic rings. The third-order valence-electron chi connectivity index (χ3n) is 2.88. The SMILES string of the molecule is Cn1nc(-c2ccc(F)cc2)c2ccccc21. The van der Waals surface area contributed by atoms with Gasteiger partial charge in [0.25, 0.3) is 0 Å². The van der Waals surface area contributed by atoms with E-state index in [9.17, 15) is 4.39 Å². The van der Waals surface area contributed by atoms with Gasteiger partial charge in [0.2, 0.25) is 0 Å². The van der Waals surface area contributed by atoms with Crippen molar-refractivity contribution in [1.82, 2.24) is 9.78 Å². The van der Waals surface area contributed by atoms with E-state index in [2.05, 4.69) is 5.10 Å². The summed E-state index contributed by atoms with van der Waals surface area (Å²) in [5.41, 5.74) is 2.90. The smallest absolute Gasteiger partial charge is 0.123 e. The summed E-state index contributed by atoms with van der Waals surface area (Å²) in [6.07, 6.45) is 0. The number of rotatable bonds is 1. The second-order valence-electron chi connectivity index (χ2n) is 4.00. The van der Waals surface area contributed by atoms with Crippen molar-refractivity contribution in [2.75, 3.05) is 0 Å². The largest absolute Gasteiger partial charge is 0.267 e. The second kappa shape index (κ2) is 3.70. The monoisotopic (exact) mass is 226 g/mol. The Morgan fingerprint density at radius 2 is 1.71 bits per heavy atom. The quantitative estimate of drug-likeness (QED) is 0.622. The molecule has 0 spiro atoms. The summed E-state index contributed by atoms with van der Waals surface area (Å²) < 4.78 is 14.7. The fourth-order valence-electron chi connectivity index (χ4n) is 2.03. The highest BCUT2D eigenvalue weighted by atomic mass is 19.1. The lowest BCUT2D eigenvalue weighted by Crippen LogP contribution is -1.89. The van der Waals surface area contributed by atoms with Crippen molar-refractivity contribution in [3.63, 3.8) is 0 Å². The molecule has 0 unspecified atom stereocenters. The van der Waals surface area contributed by atoms with Crippen molar-refractivity contribution in [3.05, 3.63) is 54.3 Å². The van der Waals surface area contributed by atoms with Crippen molar-refractivity contribution < 1.29 is 4.39 Å². The summed E-state index contributed by atoms with van der Waals surface area (Å²) >= 11 is 0. The third-order valence-corrected chi connectivity index (χ3v) is 2.88. The molecule has 1 heterocycles. The lowest BCUT2D eigenvalue weighted by molar-refractivity contribution is 0.628. The standard InChI is InChI=1S/C14H11FN2/c1-17-13-5-3-2-4-12(13)14(16-17)10-6-8-11(15)9-7-10/h2-9H,1H3. The zero-order valence-electron chi connectivity index (χ0n) is 9.39. The molecule has 0 bridgehead atoms. The molecule has 3 aromatic rings. The van der Waals surface area contributed by atoms with Gasteiger partial charge in [-0.15, -0.1) is 0 Å². The van der Waals surface area contributed by atoms with Gasteiger partial charge in [0.15, 0.2) is 0 Å². The second-order valence-corrected chi connectivity index (χ2v) is 4.00. The summed E-state index contributed by atoms with van der Waals surface area (Å²) in [6.45, 7) is 0. The van der Waals surface area contributed by atoms with Crippen molar-refractivity contribution >= 4 is 10.9 Å². The van der Waals surface area contributed by atoms with E-state index in [1.807, 2.05) is 36.0 Å². The van der Waals surface area contributed by atoms with Gasteiger partial charge < -0.3 is 0 Å². The summed E-state index contributed by atoms with van der Waals surface area (Å²) in [6, 6.07) is 14.4. The Hall–Kier alpha value is -2.16. The Labute approximate surface area is 98.3 Å². The fraction of sp³-hybridized carbons (Fsp3) is 0.0714. The molecule has 0 radical (unpaired) electrons. The average Bonchev–Trinajstić information content (AvgIpc) is 2.69. The first-order valence-electron chi connectivity index (χ1n) is 5.43. The maximum absolute atomic E-state index is 12.9. The van der Waals surface area contributed by atoms with Crippen LogP contribution in [0.3, 0.4) is 0 Å². The van der Waals surface area contributed by atoms with Crippen LogP contribution < -0.4 is 0 Å². The van der Waals surface area contributed by atoms with Gasteiger partial charge in [0.05, 0.1) is 5.52 Å². The van der Waals surface area contributed by atoms with E-state index in [0.29, 0.717) is 0 Å². The van der Waals surface area contributed by atoms with Gasteiger partial charge in [-0.3, -0.25) is 4.68 Å². The van der Waals surface area contributed by atoms with E-state index in [-0.39, 0.29) is 5.82 Å². The Morgan fingerprint density at radius 3 is 2.47 bits per heavy atom. The predicted octanol–water partition coefficient (Wildman–Crippen LogP) is 3.38. The number of halogens is 1. The molecule has 0 atom stereocenters. The highest BCUT2D eigenvalue weighted by molar-refractivity contribution is 5.93. The first-order chi connectivity index (χ1) is 8.25. The predicted molar refractivity (Wildman–Crippen MR) is 66.1 cm³/mol. The van der Waals surface area contributed by atoms with E-state index in [4.69, 9.17) is 0 Å². The molecule has 2 aromatic carbocycles. The number of nitrogens with zero attached hydrogens (tertiary/aromatic N) is 2. The molecule has 0 aliphatic carbocycles. The molecule has 0 amide bonds. The Morgan fingerprint density at radius 1 is 1.00 bits per heavy atom. The molecular formula is C14H11FN2. The number of hydrogen-bond acceptors (Lipinski definition) is 1. The van der Waals surface area contributed by atoms with Crippen molar-refractivity contribution in [2.45, 2.75) is 0 Å². The lowest BCUT2D eigenvalue weighted by Gasteiger charge is -1.97. The van der Waals surface area contributed by atoms with Crippen molar-refractivity contribution in [1.29, 1.82) is 0 Å². The van der Waals surface area contributed by atoms with Crippen LogP contribution in [0.5, 0.6) is 0 Å². The van der Waals surface area contributed by atoms with Crippen LogP contribution in [0.25, 0.3) is 22.2 Å². The number of benzene rings is 2. The molecule has 0 aliphatic heterocycles. The number of aryl methyl sites for hydroxylation is 1. The van der Waals surface area contributed by atoms with Crippen molar-refractivity contribution in [3.8, 4) is 11.3 Å². The summed E-state index contributed by atoms with van der Waals surface area (Å²) in [7, 11) is 1.91. The van der Waals surface area contributed by atoms with Gasteiger partial charge in [-0.25, -0.2) is 4.39 Å². The van der Waals surface area contributed by atoms with E-state index in [1.54, 1.807) is 12.1 Å². The van der Waals surface area contributed by atoms with E-state index in [1.165, 1.54) is 12.1 Å². The molecule has 0 saturated heterocycles. The van der Waals surface area contributed by atoms with E-state index >= 15 is 0 Å². The normalized spacial score (nSPS) is 10.9. The van der Waals surface area contributed by atoms with Crippen LogP contribution in [0, 0.1) is 5.82 Å². The molecular weight excluding hydrogens is 215 g/mol. The highest BCUT2D eigenvalue weighted by Crippen LogP contribution is 2.27. The van der Waals surface area contributed by atoms with Crippen LogP contribution in [0.4, 0.5) is 4.39 Å².